The van der Waals surface area contributed by atoms with Crippen molar-refractivity contribution in [3.05, 3.63) is 299 Å². The smallest absolute Gasteiger partial charge is 0.339 e. The number of fused-ring (bicyclic) bond motifs is 3. The van der Waals surface area contributed by atoms with Gasteiger partial charge in [-0.1, -0.05) is 79.2 Å². The number of hydrogen-bond acceptors (Lipinski definition) is 21. The van der Waals surface area contributed by atoms with E-state index < -0.39 is 0 Å². The number of nitrogens with two attached hydrogens (primary N) is 3. The zero-order valence-corrected chi connectivity index (χ0v) is 69.4. The van der Waals surface area contributed by atoms with Gasteiger partial charge in [-0.3, -0.25) is 47.4 Å². The van der Waals surface area contributed by atoms with Gasteiger partial charge in [0, 0.05) is 94.5 Å². The molecular weight excluding hydrogens is 1570 g/mol. The van der Waals surface area contributed by atoms with Crippen LogP contribution < -0.4 is 58.3 Å². The van der Waals surface area contributed by atoms with Crippen LogP contribution in [0.2, 0.25) is 0 Å². The fourth-order valence-corrected chi connectivity index (χ4v) is 15.2. The summed E-state index contributed by atoms with van der Waals surface area (Å²) in [7, 11) is 9.70. The number of likely N-dealkylation sites (tertiary alicyclic amines) is 1. The van der Waals surface area contributed by atoms with Gasteiger partial charge in [0.05, 0.1) is 34.5 Å². The minimum absolute atomic E-state index is 0.0402. The lowest BCUT2D eigenvalue weighted by Gasteiger charge is -2.33. The van der Waals surface area contributed by atoms with Crippen molar-refractivity contribution in [2.24, 2.45) is 0 Å². The Morgan fingerprint density at radius 1 is 0.371 bits per heavy atom. The summed E-state index contributed by atoms with van der Waals surface area (Å²) in [6.07, 6.45) is 23.9. The van der Waals surface area contributed by atoms with Gasteiger partial charge < -0.3 is 46.1 Å². The molecular formula is C94H95N21O9. The molecule has 1 saturated heterocycles. The largest absolute Gasteiger partial charge is 0.457 e. The number of likely N-dealkylation sites (N-methyl/N-ethyl adjacent to an activating group) is 5. The van der Waals surface area contributed by atoms with Crippen LogP contribution >= 0.6 is 0 Å². The van der Waals surface area contributed by atoms with Crippen LogP contribution in [0.3, 0.4) is 0 Å². The zero-order valence-electron chi connectivity index (χ0n) is 69.4. The van der Waals surface area contributed by atoms with E-state index in [9.17, 15) is 28.8 Å². The number of para-hydroxylation sites is 3. The summed E-state index contributed by atoms with van der Waals surface area (Å²) in [5.74, 6) is 4.35. The molecule has 0 bridgehead atoms. The monoisotopic (exact) mass is 1660 g/mol. The van der Waals surface area contributed by atoms with Crippen molar-refractivity contribution in [1.82, 2.24) is 76.9 Å². The van der Waals surface area contributed by atoms with Crippen molar-refractivity contribution in [1.29, 1.82) is 0 Å². The summed E-state index contributed by atoms with van der Waals surface area (Å²) in [6, 6.07) is 66.0. The van der Waals surface area contributed by atoms with Crippen LogP contribution in [-0.2, 0) is 14.4 Å². The molecule has 1 aliphatic heterocycles. The van der Waals surface area contributed by atoms with Crippen molar-refractivity contribution < 1.29 is 28.6 Å². The van der Waals surface area contributed by atoms with Gasteiger partial charge in [0.2, 0.25) is 17.7 Å². The maximum atomic E-state index is 13.9. The number of carbonyl (C=O) groups is 3. The standard InChI is InChI=1S/C33H33N7O3.C32H31N7O3.C29H31N7O3/c1-37(23-8-6-9-23)21-7-12-29(41)38(2)24-13-15-26(16-14-24)40-32-30(31(34)35-22-36-32)39(33(40)42)25-17-19-28(20-18-25)43-27-10-4-3-5-11-27;1-36(22-10-11-22)20-6-9-28(40)37(2)23-12-14-25(15-13-23)39-31-29(30(33)34-21-35-31)38(32(39)41)24-16-18-27(19-17-24)42-26-7-4-3-5-8-26;1-33(20-9-10-20)16-5-8-25(37)34-17-15-22(18-34)36-28-26(27(30)31-19-32-28)35(29(36)38)21-11-13-24(14-12-21)39-23-6-3-2-4-7-23/h3-5,7,10-20,22-23H,6,8-9,21H2,1-2H3,(H2,34,35,36);3-9,12-19,21-22H,10-11,20H2,1-2H3,(H2,33,34,35);2-8,11-14,19-20,22H,9-10,15-18H2,1H3,(H2,30,31,32)/b12-7+;9-6+;8-5+/t;;22-/m..1/s1. The van der Waals surface area contributed by atoms with Crippen LogP contribution in [0.5, 0.6) is 34.5 Å². The molecule has 6 N–H and O–H groups in total. The molecule has 3 saturated carbocycles. The third-order valence-electron chi connectivity index (χ3n) is 22.7. The number of aromatic nitrogens is 12. The van der Waals surface area contributed by atoms with Crippen molar-refractivity contribution in [2.45, 2.75) is 75.5 Å². The molecule has 0 radical (unpaired) electrons. The van der Waals surface area contributed by atoms with E-state index >= 15 is 0 Å². The minimum Gasteiger partial charge on any atom is -0.457 e. The van der Waals surface area contributed by atoms with E-state index in [1.165, 1.54) is 86.8 Å². The van der Waals surface area contributed by atoms with Gasteiger partial charge in [-0.25, -0.2) is 53.4 Å². The quantitative estimate of drug-likeness (QED) is 0.0424. The topological polar surface area (TPSA) is 335 Å². The van der Waals surface area contributed by atoms with Crippen LogP contribution in [-0.4, -0.2) is 181 Å². The maximum absolute atomic E-state index is 13.9. The number of anilines is 5. The Balaban J connectivity index is 0.000000138. The molecule has 0 unspecified atom stereocenters. The number of nitrogen functional groups attached to an aromatic ring is 3. The van der Waals surface area contributed by atoms with Gasteiger partial charge in [-0.2, -0.15) is 0 Å². The van der Waals surface area contributed by atoms with E-state index in [1.54, 1.807) is 161 Å². The SMILES string of the molecule is CN(C(=O)/C=C/CN(C)C1CC1)c1ccc(-n2c(=O)n(-c3ccc(Oc4ccccc4)cc3)c3c(N)ncnc32)cc1.CN(C(=O)/C=C/CN(C)C1CCC1)c1ccc(-n2c(=O)n(-c3ccc(Oc4ccccc4)cc3)c3c(N)ncnc32)cc1.CN(C/C=C/C(=O)N1CC[C@@H](n2c(=O)n(-c3ccc(Oc4ccccc4)cc3)c3c(N)ncnc32)C1)C1CC1. The molecule has 124 heavy (non-hydrogen) atoms. The summed E-state index contributed by atoms with van der Waals surface area (Å²) in [5, 5.41) is 0. The fraction of sp³-hybridized carbons (Fsp3) is 0.234. The first-order chi connectivity index (χ1) is 60.3. The predicted octanol–water partition coefficient (Wildman–Crippen LogP) is 12.9. The maximum Gasteiger partial charge on any atom is 0.339 e. The van der Waals surface area contributed by atoms with Crippen LogP contribution in [0.25, 0.3) is 61.9 Å². The number of benzene rings is 8. The van der Waals surface area contributed by atoms with Gasteiger partial charge >= 0.3 is 17.1 Å². The third kappa shape index (κ3) is 18.4. The van der Waals surface area contributed by atoms with E-state index in [4.69, 9.17) is 31.4 Å². The first kappa shape index (κ1) is 82.8. The number of carbonyl (C=O) groups excluding carboxylic acids is 3. The predicted molar refractivity (Wildman–Crippen MR) is 481 cm³/mol. The highest BCUT2D eigenvalue weighted by atomic mass is 16.5. The molecule has 7 heterocycles. The Morgan fingerprint density at radius 2 is 0.685 bits per heavy atom. The van der Waals surface area contributed by atoms with Crippen molar-refractivity contribution in [2.75, 3.05) is 95.0 Å². The van der Waals surface area contributed by atoms with Gasteiger partial charge in [0.25, 0.3) is 0 Å². The lowest BCUT2D eigenvalue weighted by atomic mass is 9.92. The second-order valence-electron chi connectivity index (χ2n) is 31.0. The van der Waals surface area contributed by atoms with Crippen LogP contribution in [0, 0.1) is 0 Å². The number of amides is 3. The molecule has 14 aromatic rings. The molecule has 4 aliphatic rings. The summed E-state index contributed by atoms with van der Waals surface area (Å²) >= 11 is 0. The fourth-order valence-electron chi connectivity index (χ4n) is 15.2. The molecule has 1 atom stereocenters. The molecule has 630 valence electrons. The molecule has 30 nitrogen and oxygen atoms in total. The Kier molecular flexibility index (Phi) is 24.7. The molecule has 3 aliphatic carbocycles. The number of ether oxygens (including phenoxy) is 3. The Bertz CT molecular complexity index is 6440. The summed E-state index contributed by atoms with van der Waals surface area (Å²) in [5.41, 5.74) is 24.6. The van der Waals surface area contributed by atoms with Crippen molar-refractivity contribution in [3.8, 4) is 62.9 Å². The van der Waals surface area contributed by atoms with E-state index in [1.807, 2.05) is 121 Å². The lowest BCUT2D eigenvalue weighted by molar-refractivity contribution is -0.125. The molecule has 4 fully saturated rings. The van der Waals surface area contributed by atoms with Crippen LogP contribution in [0.15, 0.2) is 282 Å². The molecule has 6 aromatic heterocycles. The number of imidazole rings is 3. The Morgan fingerprint density at radius 3 is 1.04 bits per heavy atom. The van der Waals surface area contributed by atoms with Gasteiger partial charge in [0.15, 0.2) is 34.4 Å². The van der Waals surface area contributed by atoms with Gasteiger partial charge in [-0.15, -0.1) is 0 Å². The van der Waals surface area contributed by atoms with Crippen molar-refractivity contribution >= 4 is 80.0 Å². The van der Waals surface area contributed by atoms with Crippen LogP contribution in [0.1, 0.15) is 57.4 Å². The first-order valence-corrected chi connectivity index (χ1v) is 41.2. The molecule has 0 spiro atoms. The normalized spacial score (nSPS) is 14.6. The lowest BCUT2D eigenvalue weighted by Crippen LogP contribution is -2.37. The highest BCUT2D eigenvalue weighted by Crippen LogP contribution is 2.34. The number of hydrogen-bond donors (Lipinski definition) is 3. The van der Waals surface area contributed by atoms with Crippen molar-refractivity contribution in [3.63, 3.8) is 0 Å². The van der Waals surface area contributed by atoms with Crippen LogP contribution in [0.4, 0.5) is 28.8 Å². The van der Waals surface area contributed by atoms with Gasteiger partial charge in [0.1, 0.15) is 70.0 Å². The van der Waals surface area contributed by atoms with E-state index in [-0.39, 0.29) is 58.3 Å². The second-order valence-corrected chi connectivity index (χ2v) is 31.0. The molecule has 30 heteroatoms. The zero-order chi connectivity index (χ0) is 86.1. The Labute approximate surface area is 714 Å². The third-order valence-corrected chi connectivity index (χ3v) is 22.7. The number of nitrogens with zero attached hydrogens (tertiary/aromatic N) is 18. The average Bonchev–Trinajstić information content (AvgIpc) is 1.60. The van der Waals surface area contributed by atoms with E-state index in [0.717, 1.165) is 25.4 Å². The summed E-state index contributed by atoms with van der Waals surface area (Å²) in [4.78, 5) is 117. The second kappa shape index (κ2) is 37.0. The van der Waals surface area contributed by atoms with E-state index in [2.05, 4.69) is 65.7 Å². The highest BCUT2D eigenvalue weighted by molar-refractivity contribution is 6.02. The average molecular weight is 1660 g/mol. The molecule has 3 amide bonds. The first-order valence-electron chi connectivity index (χ1n) is 41.2. The Hall–Kier alpha value is -14.9. The van der Waals surface area contributed by atoms with E-state index in [0.29, 0.717) is 140 Å². The summed E-state index contributed by atoms with van der Waals surface area (Å²) in [6.45, 7) is 3.23. The molecule has 8 aromatic carbocycles. The van der Waals surface area contributed by atoms with Gasteiger partial charge in [-0.05, 0) is 224 Å². The summed E-state index contributed by atoms with van der Waals surface area (Å²) < 4.78 is 26.9. The number of rotatable bonds is 26. The highest BCUT2D eigenvalue weighted by Gasteiger charge is 2.33. The molecule has 18 rings (SSSR count). The minimum atomic E-state index is -0.353.